The maximum Gasteiger partial charge on any atom is 0.270 e. The Bertz CT molecular complexity index is 4950. The van der Waals surface area contributed by atoms with Crippen molar-refractivity contribution in [1.82, 2.24) is 44.9 Å². The summed E-state index contributed by atoms with van der Waals surface area (Å²) in [5.74, 6) is 1.29. The predicted molar refractivity (Wildman–Crippen MR) is 341 cm³/mol. The Morgan fingerprint density at radius 2 is 0.793 bits per heavy atom. The van der Waals surface area contributed by atoms with Gasteiger partial charge in [0.25, 0.3) is 5.69 Å². The molecule has 6 aromatic heterocycles. The number of anilines is 1. The minimum absolute atomic E-state index is 0.0151. The SMILES string of the molecule is Cc1[nH]c2ccc(N)cc2c1-c1nc(-c2ccccc2)c(-c2ccc(F)cc2)[nH]1.Cc1[nH]c2ccc([N+](=O)[O-])cc2c1-c1nc(-c2ccccc2)c(-c2ccc(F)cc2)[nH]1.Fc1ccc(-c2[nH]c(-c3ccc4[nH]ccc4c3)nc2-c2ccccc2)cc1. The summed E-state index contributed by atoms with van der Waals surface area (Å²) in [5, 5.41) is 14.2. The van der Waals surface area contributed by atoms with Gasteiger partial charge in [0.2, 0.25) is 0 Å². The van der Waals surface area contributed by atoms with Gasteiger partial charge in [0.1, 0.15) is 34.9 Å². The summed E-state index contributed by atoms with van der Waals surface area (Å²) in [6, 6.07) is 67.6. The van der Waals surface area contributed by atoms with E-state index in [4.69, 9.17) is 20.7 Å². The molecule has 0 atom stereocenters. The molecule has 0 fully saturated rings. The van der Waals surface area contributed by atoms with Crippen molar-refractivity contribution in [1.29, 1.82) is 0 Å². The number of nitrogen functional groups attached to an aromatic ring is 1. The Kier molecular flexibility index (Phi) is 14.5. The van der Waals surface area contributed by atoms with E-state index in [-0.39, 0.29) is 23.1 Å². The van der Waals surface area contributed by atoms with Gasteiger partial charge in [-0.2, -0.15) is 0 Å². The number of aromatic amines is 6. The van der Waals surface area contributed by atoms with E-state index in [9.17, 15) is 23.3 Å². The monoisotopic (exact) mass is 1150 g/mol. The van der Waals surface area contributed by atoms with Crippen LogP contribution in [0.2, 0.25) is 0 Å². The largest absolute Gasteiger partial charge is 0.399 e. The number of H-pyrrole nitrogens is 6. The average molecular weight is 1150 g/mol. The molecule has 0 amide bonds. The average Bonchev–Trinajstić information content (AvgIpc) is 1.77. The van der Waals surface area contributed by atoms with Gasteiger partial charge in [-0.25, -0.2) is 28.1 Å². The molecule has 9 aromatic carbocycles. The van der Waals surface area contributed by atoms with E-state index < -0.39 is 4.92 Å². The summed E-state index contributed by atoms with van der Waals surface area (Å²) in [6.45, 7) is 3.93. The van der Waals surface area contributed by atoms with Gasteiger partial charge in [0, 0.05) is 118 Å². The molecule has 0 aliphatic heterocycles. The highest BCUT2D eigenvalue weighted by Crippen LogP contribution is 2.41. The Morgan fingerprint density at radius 3 is 1.24 bits per heavy atom. The topological polar surface area (TPSA) is 203 Å². The van der Waals surface area contributed by atoms with Crippen LogP contribution in [0.15, 0.2) is 231 Å². The molecular formula is C71H52F3N11O2. The van der Waals surface area contributed by atoms with Gasteiger partial charge < -0.3 is 35.6 Å². The van der Waals surface area contributed by atoms with E-state index in [0.29, 0.717) is 16.9 Å². The van der Waals surface area contributed by atoms with Crippen molar-refractivity contribution in [3.63, 3.8) is 0 Å². The normalized spacial score (nSPS) is 11.2. The number of hydrogen-bond donors (Lipinski definition) is 7. The van der Waals surface area contributed by atoms with Crippen LogP contribution < -0.4 is 5.73 Å². The van der Waals surface area contributed by atoms with Crippen LogP contribution in [0.3, 0.4) is 0 Å². The number of nitrogens with zero attached hydrogens (tertiary/aromatic N) is 4. The number of nitrogens with two attached hydrogens (primary N) is 1. The summed E-state index contributed by atoms with van der Waals surface area (Å²) in [4.78, 5) is 45.8. The molecule has 0 unspecified atom stereocenters. The maximum absolute atomic E-state index is 13.5. The van der Waals surface area contributed by atoms with E-state index in [1.807, 2.05) is 147 Å². The summed E-state index contributed by atoms with van der Waals surface area (Å²) in [5.41, 5.74) is 24.6. The number of nitrogens with one attached hydrogen (secondary N) is 6. The summed E-state index contributed by atoms with van der Waals surface area (Å²) in [6.07, 6.45) is 1.93. The van der Waals surface area contributed by atoms with Crippen molar-refractivity contribution in [2.24, 2.45) is 0 Å². The lowest BCUT2D eigenvalue weighted by molar-refractivity contribution is -0.384. The van der Waals surface area contributed by atoms with E-state index >= 15 is 0 Å². The molecule has 0 radical (unpaired) electrons. The van der Waals surface area contributed by atoms with Crippen molar-refractivity contribution < 1.29 is 18.1 Å². The zero-order valence-corrected chi connectivity index (χ0v) is 46.8. The van der Waals surface area contributed by atoms with Crippen molar-refractivity contribution >= 4 is 44.1 Å². The predicted octanol–water partition coefficient (Wildman–Crippen LogP) is 18.2. The lowest BCUT2D eigenvalue weighted by Crippen LogP contribution is -1.87. The molecule has 0 aliphatic rings. The first-order valence-corrected chi connectivity index (χ1v) is 27.9. The van der Waals surface area contributed by atoms with Crippen LogP contribution in [0.1, 0.15) is 11.4 Å². The number of halogens is 3. The zero-order valence-electron chi connectivity index (χ0n) is 46.8. The quantitative estimate of drug-likeness (QED) is 0.0403. The van der Waals surface area contributed by atoms with Gasteiger partial charge in [-0.3, -0.25) is 10.1 Å². The molecule has 0 spiro atoms. The summed E-state index contributed by atoms with van der Waals surface area (Å²) in [7, 11) is 0. The number of hydrogen-bond acceptors (Lipinski definition) is 6. The second-order valence-electron chi connectivity index (χ2n) is 20.9. The first kappa shape index (κ1) is 54.5. The number of nitro groups is 1. The molecule has 0 saturated carbocycles. The van der Waals surface area contributed by atoms with Crippen LogP contribution in [-0.2, 0) is 0 Å². The molecule has 6 heterocycles. The van der Waals surface area contributed by atoms with Crippen molar-refractivity contribution in [2.75, 3.05) is 5.73 Å². The van der Waals surface area contributed by atoms with Gasteiger partial charge in [-0.05, 0) is 135 Å². The van der Waals surface area contributed by atoms with E-state index in [2.05, 4.69) is 36.0 Å². The van der Waals surface area contributed by atoms with Crippen molar-refractivity contribution in [3.05, 3.63) is 270 Å². The fourth-order valence-electron chi connectivity index (χ4n) is 11.0. The number of rotatable bonds is 10. The highest BCUT2D eigenvalue weighted by atomic mass is 19.1. The highest BCUT2D eigenvalue weighted by Gasteiger charge is 2.23. The number of aromatic nitrogens is 9. The molecular weight excluding hydrogens is 1100 g/mol. The van der Waals surface area contributed by atoms with Crippen LogP contribution in [0.4, 0.5) is 24.5 Å². The zero-order chi connectivity index (χ0) is 59.7. The minimum atomic E-state index is -0.410. The van der Waals surface area contributed by atoms with Crippen LogP contribution in [0.5, 0.6) is 0 Å². The Morgan fingerprint density at radius 1 is 0.402 bits per heavy atom. The third kappa shape index (κ3) is 11.0. The van der Waals surface area contributed by atoms with Gasteiger partial charge >= 0.3 is 0 Å². The molecule has 87 heavy (non-hydrogen) atoms. The van der Waals surface area contributed by atoms with Gasteiger partial charge in [-0.1, -0.05) is 91.0 Å². The number of benzene rings is 9. The van der Waals surface area contributed by atoms with Crippen LogP contribution in [0.25, 0.3) is 134 Å². The van der Waals surface area contributed by atoms with Crippen molar-refractivity contribution in [3.8, 4) is 102 Å². The minimum Gasteiger partial charge on any atom is -0.399 e. The number of imidazole rings is 3. The fourth-order valence-corrected chi connectivity index (χ4v) is 11.0. The van der Waals surface area contributed by atoms with Gasteiger partial charge in [-0.15, -0.1) is 0 Å². The van der Waals surface area contributed by atoms with Crippen molar-refractivity contribution in [2.45, 2.75) is 13.8 Å². The molecule has 424 valence electrons. The van der Waals surface area contributed by atoms with Gasteiger partial charge in [0.15, 0.2) is 0 Å². The lowest BCUT2D eigenvalue weighted by Gasteiger charge is -2.03. The molecule has 13 nitrogen and oxygen atoms in total. The number of non-ortho nitro benzene ring substituents is 1. The van der Waals surface area contributed by atoms with Crippen LogP contribution in [0, 0.1) is 41.4 Å². The molecule has 0 saturated heterocycles. The summed E-state index contributed by atoms with van der Waals surface area (Å²) < 4.78 is 40.4. The molecule has 16 heteroatoms. The smallest absolute Gasteiger partial charge is 0.270 e. The standard InChI is InChI=1S/C24H17FN4O2.C24H19FN4.C23H16FN3/c1-14-21(19-13-18(29(30)31)11-12-20(19)26-14)24-27-22(15-5-3-2-4-6-15)23(28-24)16-7-9-17(25)10-8-16;1-14-21(19-13-18(26)11-12-20(19)27-14)24-28-22(15-5-3-2-4-6-15)23(29-24)16-7-9-17(25)10-8-16;24-19-9-6-16(7-10-19)22-21(15-4-2-1-3-5-15)26-23(27-22)18-8-11-20-17(14-18)12-13-25-20/h2-13,26H,1H3,(H,27,28);2-13,27H,26H2,1H3,(H,28,29);1-14,25H,(H,26,27). The number of fused-ring (bicyclic) bond motifs is 3. The first-order chi connectivity index (χ1) is 42.4. The Balaban J connectivity index is 0.000000121. The Hall–Kier alpha value is -11.8. The number of aryl methyl sites for hydroxylation is 2. The highest BCUT2D eigenvalue weighted by molar-refractivity contribution is 6.00. The summed E-state index contributed by atoms with van der Waals surface area (Å²) >= 11 is 0. The first-order valence-electron chi connectivity index (χ1n) is 27.9. The van der Waals surface area contributed by atoms with Crippen LogP contribution >= 0.6 is 0 Å². The van der Waals surface area contributed by atoms with E-state index in [0.717, 1.165) is 135 Å². The van der Waals surface area contributed by atoms with E-state index in [1.54, 1.807) is 48.5 Å². The second kappa shape index (κ2) is 23.1. The third-order valence-electron chi connectivity index (χ3n) is 15.1. The molecule has 0 aliphatic carbocycles. The van der Waals surface area contributed by atoms with Gasteiger partial charge in [0.05, 0.1) is 39.1 Å². The second-order valence-corrected chi connectivity index (χ2v) is 20.9. The molecule has 15 aromatic rings. The number of nitro benzene ring substituents is 1. The maximum atomic E-state index is 13.5. The fraction of sp³-hybridized carbons (Fsp3) is 0.0282. The molecule has 0 bridgehead atoms. The van der Waals surface area contributed by atoms with E-state index in [1.165, 1.54) is 42.5 Å². The molecule has 8 N–H and O–H groups in total. The van der Waals surface area contributed by atoms with Crippen LogP contribution in [-0.4, -0.2) is 49.8 Å². The lowest BCUT2D eigenvalue weighted by atomic mass is 10.1. The third-order valence-corrected chi connectivity index (χ3v) is 15.1. The molecule has 15 rings (SSSR count). The Labute approximate surface area is 495 Å².